The van der Waals surface area contributed by atoms with E-state index in [9.17, 15) is 4.79 Å². The van der Waals surface area contributed by atoms with Crippen LogP contribution in [-0.4, -0.2) is 5.91 Å². The first-order chi connectivity index (χ1) is 10.5. The van der Waals surface area contributed by atoms with Gasteiger partial charge in [-0.1, -0.05) is 51.3 Å². The van der Waals surface area contributed by atoms with Crippen LogP contribution in [0.1, 0.15) is 5.56 Å². The first kappa shape index (κ1) is 16.6. The Bertz CT molecular complexity index is 780. The molecule has 0 aliphatic rings. The van der Waals surface area contributed by atoms with Gasteiger partial charge in [0.15, 0.2) is 0 Å². The average Bonchev–Trinajstić information content (AvgIpc) is 2.50. The minimum atomic E-state index is -0.547. The molecule has 0 saturated carbocycles. The smallest absolute Gasteiger partial charge is 0.266 e. The second-order valence-corrected chi connectivity index (χ2v) is 6.06. The Hall–Kier alpha value is -1.80. The van der Waals surface area contributed by atoms with Crippen molar-refractivity contribution >= 4 is 56.8 Å². The third kappa shape index (κ3) is 4.35. The van der Waals surface area contributed by atoms with Crippen molar-refractivity contribution in [3.05, 3.63) is 68.1 Å². The lowest BCUT2D eigenvalue weighted by Gasteiger charge is -2.07. The molecule has 6 heteroatoms. The van der Waals surface area contributed by atoms with Crippen molar-refractivity contribution in [1.82, 2.24) is 0 Å². The zero-order valence-electron chi connectivity index (χ0n) is 11.1. The molecule has 0 radical (unpaired) electrons. The van der Waals surface area contributed by atoms with Crippen molar-refractivity contribution in [1.29, 1.82) is 5.26 Å². The van der Waals surface area contributed by atoms with Crippen molar-refractivity contribution < 1.29 is 4.79 Å². The van der Waals surface area contributed by atoms with Crippen LogP contribution >= 0.6 is 39.1 Å². The first-order valence-corrected chi connectivity index (χ1v) is 7.68. The molecule has 2 aromatic rings. The van der Waals surface area contributed by atoms with Crippen molar-refractivity contribution in [3.8, 4) is 6.07 Å². The van der Waals surface area contributed by atoms with Crippen LogP contribution in [0.25, 0.3) is 6.08 Å². The highest BCUT2D eigenvalue weighted by atomic mass is 79.9. The summed E-state index contributed by atoms with van der Waals surface area (Å²) in [7, 11) is 0. The van der Waals surface area contributed by atoms with Gasteiger partial charge in [0, 0.05) is 9.50 Å². The van der Waals surface area contributed by atoms with Crippen LogP contribution in [0.15, 0.2) is 52.5 Å². The van der Waals surface area contributed by atoms with E-state index in [-0.39, 0.29) is 5.57 Å². The molecular formula is C16H9BrCl2N2O. The molecule has 0 aliphatic carbocycles. The molecule has 0 saturated heterocycles. The average molecular weight is 396 g/mol. The number of hydrogen-bond acceptors (Lipinski definition) is 2. The fourth-order valence-electron chi connectivity index (χ4n) is 1.66. The van der Waals surface area contributed by atoms with E-state index in [0.29, 0.717) is 15.7 Å². The van der Waals surface area contributed by atoms with Gasteiger partial charge in [-0.05, 0) is 42.0 Å². The minimum absolute atomic E-state index is 0.0293. The molecule has 110 valence electrons. The number of anilines is 1. The van der Waals surface area contributed by atoms with Gasteiger partial charge in [0.25, 0.3) is 5.91 Å². The van der Waals surface area contributed by atoms with Crippen LogP contribution in [-0.2, 0) is 4.79 Å². The van der Waals surface area contributed by atoms with Gasteiger partial charge in [0.05, 0.1) is 10.7 Å². The Kier molecular flexibility index (Phi) is 5.62. The fourth-order valence-corrected chi connectivity index (χ4v) is 2.26. The number of carbonyl (C=O) groups excluding carboxylic acids is 1. The predicted molar refractivity (Wildman–Crippen MR) is 92.8 cm³/mol. The summed E-state index contributed by atoms with van der Waals surface area (Å²) in [6.45, 7) is 0. The standard InChI is InChI=1S/C16H9BrCl2N2O/c17-12-3-1-10(2-4-12)7-11(9-20)16(22)21-15-8-13(18)5-6-14(15)19/h1-8H,(H,21,22)/b11-7+. The monoisotopic (exact) mass is 394 g/mol. The predicted octanol–water partition coefficient (Wildman–Crippen LogP) is 5.30. The van der Waals surface area contributed by atoms with Gasteiger partial charge in [-0.15, -0.1) is 0 Å². The zero-order valence-corrected chi connectivity index (χ0v) is 14.2. The molecule has 0 atom stereocenters. The van der Waals surface area contributed by atoms with E-state index in [1.54, 1.807) is 24.3 Å². The van der Waals surface area contributed by atoms with E-state index in [4.69, 9.17) is 28.5 Å². The van der Waals surface area contributed by atoms with Crippen molar-refractivity contribution in [3.63, 3.8) is 0 Å². The maximum Gasteiger partial charge on any atom is 0.266 e. The molecule has 1 N–H and O–H groups in total. The number of rotatable bonds is 3. The minimum Gasteiger partial charge on any atom is -0.320 e. The molecule has 0 fully saturated rings. The number of hydrogen-bond donors (Lipinski definition) is 1. The lowest BCUT2D eigenvalue weighted by Crippen LogP contribution is -2.13. The van der Waals surface area contributed by atoms with Crippen LogP contribution in [0.4, 0.5) is 5.69 Å². The van der Waals surface area contributed by atoms with Gasteiger partial charge >= 0.3 is 0 Å². The van der Waals surface area contributed by atoms with Crippen LogP contribution in [0.5, 0.6) is 0 Å². The molecule has 22 heavy (non-hydrogen) atoms. The molecule has 3 nitrogen and oxygen atoms in total. The Balaban J connectivity index is 2.24. The number of halogens is 3. The summed E-state index contributed by atoms with van der Waals surface area (Å²) < 4.78 is 0.915. The van der Waals surface area contributed by atoms with E-state index in [1.165, 1.54) is 12.1 Å². The molecule has 2 rings (SSSR count). The third-order valence-electron chi connectivity index (χ3n) is 2.72. The highest BCUT2D eigenvalue weighted by molar-refractivity contribution is 9.10. The van der Waals surface area contributed by atoms with Gasteiger partial charge in [0.2, 0.25) is 0 Å². The Morgan fingerprint density at radius 3 is 2.50 bits per heavy atom. The summed E-state index contributed by atoms with van der Waals surface area (Å²) in [4.78, 5) is 12.2. The number of nitrogens with zero attached hydrogens (tertiary/aromatic N) is 1. The topological polar surface area (TPSA) is 52.9 Å². The zero-order chi connectivity index (χ0) is 16.1. The Morgan fingerprint density at radius 1 is 1.18 bits per heavy atom. The van der Waals surface area contributed by atoms with E-state index in [0.717, 1.165) is 10.0 Å². The number of nitrogens with one attached hydrogen (secondary N) is 1. The Labute approximate surface area is 146 Å². The summed E-state index contributed by atoms with van der Waals surface area (Å²) >= 11 is 15.2. The SMILES string of the molecule is N#C/C(=C\c1ccc(Br)cc1)C(=O)Nc1cc(Cl)ccc1Cl. The number of nitriles is 1. The van der Waals surface area contributed by atoms with E-state index in [1.807, 2.05) is 18.2 Å². The summed E-state index contributed by atoms with van der Waals surface area (Å²) in [5.74, 6) is -0.547. The highest BCUT2D eigenvalue weighted by Gasteiger charge is 2.11. The number of carbonyl (C=O) groups is 1. The van der Waals surface area contributed by atoms with Crippen molar-refractivity contribution in [2.24, 2.45) is 0 Å². The van der Waals surface area contributed by atoms with Crippen LogP contribution in [0.2, 0.25) is 10.0 Å². The molecular weight excluding hydrogens is 387 g/mol. The fraction of sp³-hybridized carbons (Fsp3) is 0. The first-order valence-electron chi connectivity index (χ1n) is 6.13. The van der Waals surface area contributed by atoms with Crippen molar-refractivity contribution in [2.45, 2.75) is 0 Å². The second-order valence-electron chi connectivity index (χ2n) is 4.30. The van der Waals surface area contributed by atoms with Crippen LogP contribution < -0.4 is 5.32 Å². The highest BCUT2D eigenvalue weighted by Crippen LogP contribution is 2.26. The third-order valence-corrected chi connectivity index (χ3v) is 3.82. The molecule has 0 aromatic heterocycles. The molecule has 0 heterocycles. The van der Waals surface area contributed by atoms with Crippen molar-refractivity contribution in [2.75, 3.05) is 5.32 Å². The molecule has 0 spiro atoms. The van der Waals surface area contributed by atoms with E-state index in [2.05, 4.69) is 21.2 Å². The largest absolute Gasteiger partial charge is 0.320 e. The lowest BCUT2D eigenvalue weighted by molar-refractivity contribution is -0.112. The van der Waals surface area contributed by atoms with Crippen LogP contribution in [0, 0.1) is 11.3 Å². The molecule has 1 amide bonds. The molecule has 2 aromatic carbocycles. The molecule has 0 aliphatic heterocycles. The summed E-state index contributed by atoms with van der Waals surface area (Å²) in [5, 5.41) is 12.5. The van der Waals surface area contributed by atoms with Gasteiger partial charge in [0.1, 0.15) is 11.6 Å². The number of amides is 1. The Morgan fingerprint density at radius 2 is 1.86 bits per heavy atom. The summed E-state index contributed by atoms with van der Waals surface area (Å²) in [6, 6.07) is 13.8. The maximum absolute atomic E-state index is 12.2. The van der Waals surface area contributed by atoms with Gasteiger partial charge < -0.3 is 5.32 Å². The van der Waals surface area contributed by atoms with Gasteiger partial charge in [-0.3, -0.25) is 4.79 Å². The number of benzene rings is 2. The normalized spacial score (nSPS) is 10.9. The molecule has 0 unspecified atom stereocenters. The second kappa shape index (κ2) is 7.46. The summed E-state index contributed by atoms with van der Waals surface area (Å²) in [6.07, 6.45) is 1.50. The quantitative estimate of drug-likeness (QED) is 0.566. The summed E-state index contributed by atoms with van der Waals surface area (Å²) in [5.41, 5.74) is 1.07. The van der Waals surface area contributed by atoms with Gasteiger partial charge in [-0.25, -0.2) is 0 Å². The van der Waals surface area contributed by atoms with Gasteiger partial charge in [-0.2, -0.15) is 5.26 Å². The lowest BCUT2D eigenvalue weighted by atomic mass is 10.1. The van der Waals surface area contributed by atoms with E-state index >= 15 is 0 Å². The van der Waals surface area contributed by atoms with E-state index < -0.39 is 5.91 Å². The molecule has 0 bridgehead atoms. The van der Waals surface area contributed by atoms with Crippen LogP contribution in [0.3, 0.4) is 0 Å². The maximum atomic E-state index is 12.2.